The van der Waals surface area contributed by atoms with Gasteiger partial charge in [0.15, 0.2) is 4.88 Å². The van der Waals surface area contributed by atoms with E-state index in [-0.39, 0.29) is 0 Å². The number of unbranched alkanes of at least 4 members (excludes halogenated alkanes) is 4. The third-order valence-electron chi connectivity index (χ3n) is 3.25. The summed E-state index contributed by atoms with van der Waals surface area (Å²) in [5, 5.41) is 1.01. The van der Waals surface area contributed by atoms with Gasteiger partial charge in [0, 0.05) is 5.92 Å². The number of primary amides is 1. The maximum Gasteiger partial charge on any atom is 0.264 e. The van der Waals surface area contributed by atoms with Gasteiger partial charge in [-0.3, -0.25) is 4.79 Å². The molecule has 0 aromatic carbocycles. The van der Waals surface area contributed by atoms with Crippen LogP contribution >= 0.6 is 11.3 Å². The molecule has 1 aliphatic rings. The lowest BCUT2D eigenvalue weighted by atomic mass is 10.2. The molecule has 0 bridgehead atoms. The largest absolute Gasteiger partial charge is 0.476 e. The lowest BCUT2D eigenvalue weighted by Gasteiger charge is -2.04. The zero-order valence-electron chi connectivity index (χ0n) is 11.5. The summed E-state index contributed by atoms with van der Waals surface area (Å²) in [7, 11) is 0. The number of carbonyl (C=O) groups is 1. The fourth-order valence-electron chi connectivity index (χ4n) is 1.95. The van der Waals surface area contributed by atoms with Crippen LogP contribution in [0.1, 0.15) is 72.5 Å². The van der Waals surface area contributed by atoms with Gasteiger partial charge in [0.05, 0.1) is 6.61 Å². The monoisotopic (exact) mass is 282 g/mol. The van der Waals surface area contributed by atoms with E-state index in [2.05, 4.69) is 11.9 Å². The molecule has 0 saturated heterocycles. The second-order valence-corrected chi connectivity index (χ2v) is 6.12. The van der Waals surface area contributed by atoms with E-state index < -0.39 is 5.91 Å². The van der Waals surface area contributed by atoms with E-state index >= 15 is 0 Å². The molecule has 1 heterocycles. The number of hydrogen-bond acceptors (Lipinski definition) is 4. The topological polar surface area (TPSA) is 65.2 Å². The molecule has 1 saturated carbocycles. The van der Waals surface area contributed by atoms with E-state index in [1.54, 1.807) is 0 Å². The normalized spacial score (nSPS) is 14.6. The Kier molecular flexibility index (Phi) is 5.19. The van der Waals surface area contributed by atoms with Crippen molar-refractivity contribution in [2.45, 2.75) is 57.8 Å². The Bertz CT molecular complexity index is 427. The SMILES string of the molecule is CCCCCCCOc1nc(C2CC2)sc1C(N)=O. The molecule has 1 aromatic rings. The van der Waals surface area contributed by atoms with Crippen LogP contribution in [0.3, 0.4) is 0 Å². The van der Waals surface area contributed by atoms with Gasteiger partial charge in [0.25, 0.3) is 5.91 Å². The van der Waals surface area contributed by atoms with E-state index in [0.29, 0.717) is 23.3 Å². The van der Waals surface area contributed by atoms with Gasteiger partial charge < -0.3 is 10.5 Å². The molecule has 1 fully saturated rings. The Morgan fingerprint density at radius 3 is 2.74 bits per heavy atom. The van der Waals surface area contributed by atoms with Crippen LogP contribution in [0.5, 0.6) is 5.88 Å². The standard InChI is InChI=1S/C14H22N2O2S/c1-2-3-4-5-6-9-18-13-11(12(15)17)19-14(16-13)10-7-8-10/h10H,2-9H2,1H3,(H2,15,17). The highest BCUT2D eigenvalue weighted by Gasteiger charge is 2.30. The average Bonchev–Trinajstić information content (AvgIpc) is 3.14. The number of carbonyl (C=O) groups excluding carboxylic acids is 1. The maximum atomic E-state index is 11.4. The van der Waals surface area contributed by atoms with E-state index in [9.17, 15) is 4.79 Å². The summed E-state index contributed by atoms with van der Waals surface area (Å²) < 4.78 is 5.64. The minimum atomic E-state index is -0.426. The van der Waals surface area contributed by atoms with Gasteiger partial charge in [0.1, 0.15) is 5.01 Å². The Hall–Kier alpha value is -1.10. The van der Waals surface area contributed by atoms with E-state index in [4.69, 9.17) is 10.5 Å². The van der Waals surface area contributed by atoms with Crippen LogP contribution in [0, 0.1) is 0 Å². The van der Waals surface area contributed by atoms with Gasteiger partial charge in [-0.25, -0.2) is 4.98 Å². The van der Waals surface area contributed by atoms with Crippen molar-refractivity contribution in [3.63, 3.8) is 0 Å². The van der Waals surface area contributed by atoms with Crippen molar-refractivity contribution in [1.29, 1.82) is 0 Å². The van der Waals surface area contributed by atoms with Gasteiger partial charge >= 0.3 is 0 Å². The molecule has 1 aromatic heterocycles. The summed E-state index contributed by atoms with van der Waals surface area (Å²) in [6.45, 7) is 2.82. The zero-order chi connectivity index (χ0) is 13.7. The smallest absolute Gasteiger partial charge is 0.264 e. The number of hydrogen-bond donors (Lipinski definition) is 1. The van der Waals surface area contributed by atoms with Crippen LogP contribution in [-0.4, -0.2) is 17.5 Å². The van der Waals surface area contributed by atoms with E-state index in [1.165, 1.54) is 49.9 Å². The maximum absolute atomic E-state index is 11.4. The first-order chi connectivity index (χ1) is 9.22. The fourth-order valence-corrected chi connectivity index (χ4v) is 2.99. The molecule has 1 amide bonds. The van der Waals surface area contributed by atoms with Gasteiger partial charge in [-0.1, -0.05) is 32.6 Å². The number of ether oxygens (including phenoxy) is 1. The number of thiazole rings is 1. The average molecular weight is 282 g/mol. The molecule has 1 aliphatic carbocycles. The second kappa shape index (κ2) is 6.89. The van der Waals surface area contributed by atoms with Gasteiger partial charge in [0.2, 0.25) is 5.88 Å². The number of nitrogens with two attached hydrogens (primary N) is 1. The molecule has 0 unspecified atom stereocenters. The van der Waals surface area contributed by atoms with Crippen molar-refractivity contribution in [2.24, 2.45) is 5.73 Å². The first-order valence-corrected chi connectivity index (χ1v) is 7.97. The molecule has 2 rings (SSSR count). The lowest BCUT2D eigenvalue weighted by molar-refractivity contribution is 0.1000. The number of nitrogens with zero attached hydrogens (tertiary/aromatic N) is 1. The number of aromatic nitrogens is 1. The Morgan fingerprint density at radius 2 is 2.11 bits per heavy atom. The third kappa shape index (κ3) is 4.20. The molecule has 19 heavy (non-hydrogen) atoms. The van der Waals surface area contributed by atoms with Gasteiger partial charge in [-0.15, -0.1) is 11.3 Å². The molecule has 4 nitrogen and oxygen atoms in total. The summed E-state index contributed by atoms with van der Waals surface area (Å²) in [6.07, 6.45) is 8.27. The van der Waals surface area contributed by atoms with Crippen LogP contribution < -0.4 is 10.5 Å². The summed E-state index contributed by atoms with van der Waals surface area (Å²) in [4.78, 5) is 16.3. The fraction of sp³-hybridized carbons (Fsp3) is 0.714. The van der Waals surface area contributed by atoms with Crippen molar-refractivity contribution >= 4 is 17.2 Å². The van der Waals surface area contributed by atoms with Crippen molar-refractivity contribution in [3.8, 4) is 5.88 Å². The number of amides is 1. The van der Waals surface area contributed by atoms with Crippen LogP contribution in [0.25, 0.3) is 0 Å². The van der Waals surface area contributed by atoms with Crippen molar-refractivity contribution in [3.05, 3.63) is 9.88 Å². The van der Waals surface area contributed by atoms with Gasteiger partial charge in [-0.05, 0) is 19.3 Å². The van der Waals surface area contributed by atoms with Crippen molar-refractivity contribution in [2.75, 3.05) is 6.61 Å². The second-order valence-electron chi connectivity index (χ2n) is 5.09. The summed E-state index contributed by atoms with van der Waals surface area (Å²) >= 11 is 1.40. The minimum absolute atomic E-state index is 0.426. The van der Waals surface area contributed by atoms with Crippen molar-refractivity contribution < 1.29 is 9.53 Å². The Balaban J connectivity index is 1.82. The highest BCUT2D eigenvalue weighted by Crippen LogP contribution is 2.44. The molecule has 0 aliphatic heterocycles. The first kappa shape index (κ1) is 14.3. The third-order valence-corrected chi connectivity index (χ3v) is 4.46. The molecular weight excluding hydrogens is 260 g/mol. The number of rotatable bonds is 9. The molecule has 0 atom stereocenters. The van der Waals surface area contributed by atoms with Crippen molar-refractivity contribution in [1.82, 2.24) is 4.98 Å². The quantitative estimate of drug-likeness (QED) is 0.705. The molecule has 5 heteroatoms. The molecule has 106 valence electrons. The first-order valence-electron chi connectivity index (χ1n) is 7.15. The molecule has 0 radical (unpaired) electrons. The van der Waals surface area contributed by atoms with E-state index in [0.717, 1.165) is 11.4 Å². The minimum Gasteiger partial charge on any atom is -0.476 e. The summed E-state index contributed by atoms with van der Waals surface area (Å²) in [5.74, 6) is 0.560. The van der Waals surface area contributed by atoms with Crippen LogP contribution in [0.4, 0.5) is 0 Å². The summed E-state index contributed by atoms with van der Waals surface area (Å²) in [5.41, 5.74) is 5.37. The zero-order valence-corrected chi connectivity index (χ0v) is 12.3. The lowest BCUT2D eigenvalue weighted by Crippen LogP contribution is -2.11. The molecule has 2 N–H and O–H groups in total. The highest BCUT2D eigenvalue weighted by molar-refractivity contribution is 7.14. The summed E-state index contributed by atoms with van der Waals surface area (Å²) in [6, 6.07) is 0. The van der Waals surface area contributed by atoms with E-state index in [1.807, 2.05) is 0 Å². The van der Waals surface area contributed by atoms with Gasteiger partial charge in [-0.2, -0.15) is 0 Å². The Morgan fingerprint density at radius 1 is 1.37 bits per heavy atom. The predicted molar refractivity (Wildman–Crippen MR) is 76.9 cm³/mol. The molecule has 0 spiro atoms. The van der Waals surface area contributed by atoms with Crippen LogP contribution in [0.15, 0.2) is 0 Å². The molecular formula is C14H22N2O2S. The van der Waals surface area contributed by atoms with Crippen LogP contribution in [0.2, 0.25) is 0 Å². The Labute approximate surface area is 118 Å². The predicted octanol–water partition coefficient (Wildman–Crippen LogP) is 3.47. The van der Waals surface area contributed by atoms with Crippen LogP contribution in [-0.2, 0) is 0 Å². The highest BCUT2D eigenvalue weighted by atomic mass is 32.1.